The fourth-order valence-electron chi connectivity index (χ4n) is 0.993. The number of hydrogen-bond acceptors (Lipinski definition) is 1. The third-order valence-corrected chi connectivity index (χ3v) is 1.87. The van der Waals surface area contributed by atoms with Crippen molar-refractivity contribution in [1.82, 2.24) is 0 Å². The van der Waals surface area contributed by atoms with Crippen molar-refractivity contribution in [1.29, 1.82) is 0 Å². The van der Waals surface area contributed by atoms with Gasteiger partial charge in [-0.2, -0.15) is 13.2 Å². The van der Waals surface area contributed by atoms with E-state index < -0.39 is 18.0 Å². The van der Waals surface area contributed by atoms with Crippen LogP contribution in [0.4, 0.5) is 13.2 Å². The molecule has 60 valence electrons. The molecule has 0 aromatic rings. The zero-order valence-corrected chi connectivity index (χ0v) is 5.41. The first-order chi connectivity index (χ1) is 4.47. The number of alkyl halides is 3. The van der Waals surface area contributed by atoms with Crippen LogP contribution in [0, 0.1) is 5.41 Å². The number of hydrogen-bond donors (Lipinski definition) is 1. The summed E-state index contributed by atoms with van der Waals surface area (Å²) in [5.74, 6) is 0. The summed E-state index contributed by atoms with van der Waals surface area (Å²) in [6.45, 7) is -0.327. The fraction of sp³-hybridized carbons (Fsp3) is 1.00. The van der Waals surface area contributed by atoms with E-state index in [4.69, 9.17) is 5.11 Å². The van der Waals surface area contributed by atoms with E-state index in [-0.39, 0.29) is 6.61 Å². The summed E-state index contributed by atoms with van der Waals surface area (Å²) in [5.41, 5.74) is -0.793. The van der Waals surface area contributed by atoms with E-state index in [1.807, 2.05) is 0 Å². The van der Waals surface area contributed by atoms with Crippen LogP contribution < -0.4 is 0 Å². The Hall–Kier alpha value is -0.250. The first-order valence-electron chi connectivity index (χ1n) is 3.15. The summed E-state index contributed by atoms with van der Waals surface area (Å²) in [4.78, 5) is 0. The zero-order valence-electron chi connectivity index (χ0n) is 5.41. The molecule has 1 nitrogen and oxygen atoms in total. The van der Waals surface area contributed by atoms with Crippen molar-refractivity contribution < 1.29 is 18.3 Å². The predicted molar refractivity (Wildman–Crippen MR) is 29.4 cm³/mol. The van der Waals surface area contributed by atoms with E-state index in [0.29, 0.717) is 12.8 Å². The van der Waals surface area contributed by atoms with Crippen LogP contribution in [0.3, 0.4) is 0 Å². The van der Waals surface area contributed by atoms with Gasteiger partial charge in [0.25, 0.3) is 0 Å². The molecule has 0 aromatic heterocycles. The van der Waals surface area contributed by atoms with Crippen LogP contribution in [0.5, 0.6) is 0 Å². The lowest BCUT2D eigenvalue weighted by Gasteiger charge is -2.13. The Bertz CT molecular complexity index is 125. The van der Waals surface area contributed by atoms with Gasteiger partial charge in [0, 0.05) is 12.0 Å². The lowest BCUT2D eigenvalue weighted by atomic mass is 10.0. The van der Waals surface area contributed by atoms with E-state index in [2.05, 4.69) is 0 Å². The fourth-order valence-corrected chi connectivity index (χ4v) is 0.993. The molecule has 1 N–H and O–H groups in total. The molecule has 4 heteroatoms. The highest BCUT2D eigenvalue weighted by Crippen LogP contribution is 2.52. The minimum Gasteiger partial charge on any atom is -0.396 e. The van der Waals surface area contributed by atoms with Crippen LogP contribution in [0.25, 0.3) is 0 Å². The first-order valence-corrected chi connectivity index (χ1v) is 3.15. The molecule has 1 aliphatic rings. The molecule has 1 fully saturated rings. The van der Waals surface area contributed by atoms with Crippen molar-refractivity contribution >= 4 is 0 Å². The molecule has 0 spiro atoms. The molecule has 0 heterocycles. The molecule has 0 radical (unpaired) electrons. The van der Waals surface area contributed by atoms with Crippen LogP contribution in [0.1, 0.15) is 19.3 Å². The molecular formula is C6H9F3O. The normalized spacial score (nSPS) is 22.8. The van der Waals surface area contributed by atoms with Crippen LogP contribution in [0.2, 0.25) is 0 Å². The quantitative estimate of drug-likeness (QED) is 0.641. The Labute approximate surface area is 56.8 Å². The second kappa shape index (κ2) is 2.12. The molecule has 0 amide bonds. The number of halogens is 3. The number of rotatable bonds is 2. The van der Waals surface area contributed by atoms with Crippen molar-refractivity contribution in [3.63, 3.8) is 0 Å². The van der Waals surface area contributed by atoms with Crippen molar-refractivity contribution in [2.75, 3.05) is 6.61 Å². The van der Waals surface area contributed by atoms with Gasteiger partial charge in [0.2, 0.25) is 0 Å². The first kappa shape index (κ1) is 7.85. The van der Waals surface area contributed by atoms with E-state index in [1.54, 1.807) is 0 Å². The van der Waals surface area contributed by atoms with Gasteiger partial charge < -0.3 is 5.11 Å². The summed E-state index contributed by atoms with van der Waals surface area (Å²) >= 11 is 0. The average Bonchev–Trinajstić information content (AvgIpc) is 2.45. The molecule has 0 aliphatic heterocycles. The van der Waals surface area contributed by atoms with Crippen molar-refractivity contribution in [3.05, 3.63) is 0 Å². The third kappa shape index (κ3) is 1.87. The van der Waals surface area contributed by atoms with Crippen LogP contribution in [-0.2, 0) is 0 Å². The molecule has 0 unspecified atom stereocenters. The summed E-state index contributed by atoms with van der Waals surface area (Å²) in [6.07, 6.45) is -3.90. The Morgan fingerprint density at radius 1 is 1.30 bits per heavy atom. The smallest absolute Gasteiger partial charge is 0.389 e. The second-order valence-corrected chi connectivity index (χ2v) is 2.95. The average molecular weight is 154 g/mol. The van der Waals surface area contributed by atoms with E-state index in [0.717, 1.165) is 0 Å². The molecule has 0 saturated heterocycles. The molecule has 1 aliphatic carbocycles. The van der Waals surface area contributed by atoms with Gasteiger partial charge in [-0.25, -0.2) is 0 Å². The van der Waals surface area contributed by atoms with Crippen molar-refractivity contribution in [2.45, 2.75) is 25.4 Å². The van der Waals surface area contributed by atoms with Gasteiger partial charge in [-0.3, -0.25) is 0 Å². The van der Waals surface area contributed by atoms with E-state index in [9.17, 15) is 13.2 Å². The summed E-state index contributed by atoms with van der Waals surface area (Å²) in [7, 11) is 0. The standard InChI is InChI=1S/C6H9F3O/c7-6(8,9)3-5(4-10)1-2-5/h10H,1-4H2. The minimum atomic E-state index is -4.11. The number of aliphatic hydroxyl groups excluding tert-OH is 1. The summed E-state index contributed by atoms with van der Waals surface area (Å²) in [5, 5.41) is 8.52. The SMILES string of the molecule is OCC1(CC(F)(F)F)CC1. The highest BCUT2D eigenvalue weighted by molar-refractivity contribution is 4.93. The molecule has 1 rings (SSSR count). The van der Waals surface area contributed by atoms with Crippen LogP contribution in [0.15, 0.2) is 0 Å². The monoisotopic (exact) mass is 154 g/mol. The van der Waals surface area contributed by atoms with E-state index >= 15 is 0 Å². The molecule has 0 bridgehead atoms. The minimum absolute atomic E-state index is 0.327. The molecular weight excluding hydrogens is 145 g/mol. The predicted octanol–water partition coefficient (Wildman–Crippen LogP) is 1.71. The maximum absolute atomic E-state index is 11.7. The van der Waals surface area contributed by atoms with Crippen LogP contribution in [-0.4, -0.2) is 17.9 Å². The molecule has 10 heavy (non-hydrogen) atoms. The summed E-state index contributed by atoms with van der Waals surface area (Å²) in [6, 6.07) is 0. The van der Waals surface area contributed by atoms with E-state index in [1.165, 1.54) is 0 Å². The van der Waals surface area contributed by atoms with Gasteiger partial charge in [0.05, 0.1) is 6.42 Å². The zero-order chi connectivity index (χ0) is 7.83. The highest BCUT2D eigenvalue weighted by atomic mass is 19.4. The second-order valence-electron chi connectivity index (χ2n) is 2.95. The van der Waals surface area contributed by atoms with Gasteiger partial charge in [0.1, 0.15) is 0 Å². The van der Waals surface area contributed by atoms with Gasteiger partial charge in [0.15, 0.2) is 0 Å². The van der Waals surface area contributed by atoms with Gasteiger partial charge in [-0.1, -0.05) is 0 Å². The molecule has 1 saturated carbocycles. The topological polar surface area (TPSA) is 20.2 Å². The van der Waals surface area contributed by atoms with Crippen molar-refractivity contribution in [3.8, 4) is 0 Å². The maximum atomic E-state index is 11.7. The molecule has 0 atom stereocenters. The third-order valence-electron chi connectivity index (χ3n) is 1.87. The Morgan fingerprint density at radius 3 is 1.90 bits per heavy atom. The molecule has 0 aromatic carbocycles. The summed E-state index contributed by atoms with van der Waals surface area (Å²) < 4.78 is 35.0. The van der Waals surface area contributed by atoms with Crippen molar-refractivity contribution in [2.24, 2.45) is 5.41 Å². The lowest BCUT2D eigenvalue weighted by Crippen LogP contribution is -2.18. The Kier molecular flexibility index (Phi) is 1.66. The lowest BCUT2D eigenvalue weighted by molar-refractivity contribution is -0.150. The number of aliphatic hydroxyl groups is 1. The van der Waals surface area contributed by atoms with Gasteiger partial charge in [-0.15, -0.1) is 0 Å². The largest absolute Gasteiger partial charge is 0.396 e. The van der Waals surface area contributed by atoms with Gasteiger partial charge in [-0.05, 0) is 12.8 Å². The van der Waals surface area contributed by atoms with Crippen LogP contribution >= 0.6 is 0 Å². The highest BCUT2D eigenvalue weighted by Gasteiger charge is 2.50. The Morgan fingerprint density at radius 2 is 1.80 bits per heavy atom. The maximum Gasteiger partial charge on any atom is 0.389 e. The Balaban J connectivity index is 2.38. The van der Waals surface area contributed by atoms with Gasteiger partial charge >= 0.3 is 6.18 Å².